The summed E-state index contributed by atoms with van der Waals surface area (Å²) in [5.74, 6) is 0. The number of nitro groups is 1. The van der Waals surface area contributed by atoms with Crippen LogP contribution in [0.3, 0.4) is 0 Å². The molecule has 0 spiro atoms. The summed E-state index contributed by atoms with van der Waals surface area (Å²) in [4.78, 5) is 10.1. The summed E-state index contributed by atoms with van der Waals surface area (Å²) >= 11 is 0. The highest BCUT2D eigenvalue weighted by atomic mass is 19.1. The molecule has 0 aromatic heterocycles. The fourth-order valence-corrected chi connectivity index (χ4v) is 1.79. The van der Waals surface area contributed by atoms with E-state index in [2.05, 4.69) is 5.32 Å². The molecule has 0 radical (unpaired) electrons. The van der Waals surface area contributed by atoms with Gasteiger partial charge >= 0.3 is 0 Å². The van der Waals surface area contributed by atoms with E-state index < -0.39 is 11.6 Å². The van der Waals surface area contributed by atoms with Crippen molar-refractivity contribution in [3.8, 4) is 0 Å². The second-order valence-electron chi connectivity index (χ2n) is 3.65. The van der Waals surface area contributed by atoms with Crippen molar-refractivity contribution >= 4 is 5.69 Å². The van der Waals surface area contributed by atoms with Crippen LogP contribution >= 0.6 is 0 Å². The fraction of sp³-hybridized carbons (Fsp3) is 0.400. The molecule has 5 heteroatoms. The minimum atomic E-state index is -0.415. The zero-order chi connectivity index (χ0) is 10.8. The lowest BCUT2D eigenvalue weighted by atomic mass is 9.96. The Kier molecular flexibility index (Phi) is 2.64. The first-order valence-corrected chi connectivity index (χ1v) is 4.76. The Balaban J connectivity index is 2.28. The van der Waals surface area contributed by atoms with Crippen molar-refractivity contribution in [3.05, 3.63) is 39.4 Å². The van der Waals surface area contributed by atoms with Crippen LogP contribution in [0.25, 0.3) is 0 Å². The quantitative estimate of drug-likeness (QED) is 0.595. The number of non-ortho nitro benzene ring substituents is 1. The number of benzene rings is 1. The normalized spacial score (nSPS) is 19.7. The lowest BCUT2D eigenvalue weighted by molar-refractivity contribution is -0.384. The zero-order valence-corrected chi connectivity index (χ0v) is 8.07. The summed E-state index contributed by atoms with van der Waals surface area (Å²) in [5.41, 5.74) is 1.99. The van der Waals surface area contributed by atoms with Crippen LogP contribution in [0.15, 0.2) is 18.2 Å². The SMILES string of the molecule is O=[N+]([O-])c1ccc2c(c1)CN[C@@H](CF)C2. The highest BCUT2D eigenvalue weighted by Gasteiger charge is 2.19. The van der Waals surface area contributed by atoms with Gasteiger partial charge < -0.3 is 5.32 Å². The monoisotopic (exact) mass is 210 g/mol. The average Bonchev–Trinajstić information content (AvgIpc) is 2.27. The Morgan fingerprint density at radius 1 is 1.53 bits per heavy atom. The van der Waals surface area contributed by atoms with E-state index in [1.54, 1.807) is 12.1 Å². The number of rotatable bonds is 2. The molecule has 1 aliphatic heterocycles. The van der Waals surface area contributed by atoms with Gasteiger partial charge in [0.1, 0.15) is 6.67 Å². The molecule has 0 fully saturated rings. The van der Waals surface area contributed by atoms with E-state index in [1.165, 1.54) is 6.07 Å². The van der Waals surface area contributed by atoms with E-state index in [1.807, 2.05) is 0 Å². The predicted molar refractivity (Wildman–Crippen MR) is 53.4 cm³/mol. The van der Waals surface area contributed by atoms with E-state index in [-0.39, 0.29) is 11.7 Å². The number of halogens is 1. The van der Waals surface area contributed by atoms with Gasteiger partial charge in [0.15, 0.2) is 0 Å². The van der Waals surface area contributed by atoms with E-state index >= 15 is 0 Å². The summed E-state index contributed by atoms with van der Waals surface area (Å²) in [6, 6.07) is 4.59. The van der Waals surface area contributed by atoms with Crippen LogP contribution in [-0.2, 0) is 13.0 Å². The van der Waals surface area contributed by atoms with Crippen molar-refractivity contribution in [1.82, 2.24) is 5.32 Å². The Hall–Kier alpha value is -1.49. The standard InChI is InChI=1S/C10H11FN2O2/c11-5-9-3-7-1-2-10(13(14)15)4-8(7)6-12-9/h1-2,4,9,12H,3,5-6H2/t9-/m1/s1. The van der Waals surface area contributed by atoms with Crippen molar-refractivity contribution in [2.45, 2.75) is 19.0 Å². The van der Waals surface area contributed by atoms with Crippen molar-refractivity contribution in [2.24, 2.45) is 0 Å². The minimum absolute atomic E-state index is 0.0919. The van der Waals surface area contributed by atoms with Crippen LogP contribution in [0.1, 0.15) is 11.1 Å². The summed E-state index contributed by atoms with van der Waals surface area (Å²) in [6.45, 7) is 0.0992. The molecule has 0 aliphatic carbocycles. The van der Waals surface area contributed by atoms with E-state index in [0.717, 1.165) is 11.1 Å². The Morgan fingerprint density at radius 3 is 3.00 bits per heavy atom. The first-order chi connectivity index (χ1) is 7.20. The molecular formula is C10H11FN2O2. The molecule has 1 aromatic rings. The van der Waals surface area contributed by atoms with Gasteiger partial charge in [0.25, 0.3) is 5.69 Å². The van der Waals surface area contributed by atoms with E-state index in [9.17, 15) is 14.5 Å². The van der Waals surface area contributed by atoms with Crippen LogP contribution in [0.4, 0.5) is 10.1 Å². The molecule has 1 aromatic carbocycles. The number of nitro benzene ring substituents is 1. The lowest BCUT2D eigenvalue weighted by Crippen LogP contribution is -2.37. The Bertz CT molecular complexity index is 395. The third kappa shape index (κ3) is 1.97. The summed E-state index contributed by atoms with van der Waals surface area (Å²) in [6.07, 6.45) is 0.601. The van der Waals surface area contributed by atoms with Crippen LogP contribution in [0.5, 0.6) is 0 Å². The maximum Gasteiger partial charge on any atom is 0.269 e. The molecule has 0 saturated carbocycles. The molecule has 2 rings (SSSR count). The first-order valence-electron chi connectivity index (χ1n) is 4.76. The van der Waals surface area contributed by atoms with Gasteiger partial charge in [0.05, 0.1) is 4.92 Å². The topological polar surface area (TPSA) is 55.2 Å². The molecule has 80 valence electrons. The number of hydrogen-bond donors (Lipinski definition) is 1. The number of hydrogen-bond acceptors (Lipinski definition) is 3. The smallest absolute Gasteiger partial charge is 0.269 e. The van der Waals surface area contributed by atoms with Crippen molar-refractivity contribution < 1.29 is 9.31 Å². The fourth-order valence-electron chi connectivity index (χ4n) is 1.79. The van der Waals surface area contributed by atoms with E-state index in [4.69, 9.17) is 0 Å². The van der Waals surface area contributed by atoms with Gasteiger partial charge in [0.2, 0.25) is 0 Å². The molecule has 1 atom stereocenters. The molecule has 1 heterocycles. The number of nitrogens with one attached hydrogen (secondary N) is 1. The zero-order valence-electron chi connectivity index (χ0n) is 8.07. The van der Waals surface area contributed by atoms with Crippen LogP contribution < -0.4 is 5.32 Å². The van der Waals surface area contributed by atoms with Crippen LogP contribution in [0, 0.1) is 10.1 Å². The molecule has 4 nitrogen and oxygen atoms in total. The second kappa shape index (κ2) is 3.94. The number of nitrogens with zero attached hydrogens (tertiary/aromatic N) is 1. The largest absolute Gasteiger partial charge is 0.307 e. The minimum Gasteiger partial charge on any atom is -0.307 e. The van der Waals surface area contributed by atoms with Gasteiger partial charge in [0, 0.05) is 24.7 Å². The van der Waals surface area contributed by atoms with Gasteiger partial charge in [-0.3, -0.25) is 10.1 Å². The van der Waals surface area contributed by atoms with Gasteiger partial charge in [-0.15, -0.1) is 0 Å². The third-order valence-corrected chi connectivity index (χ3v) is 2.63. The molecule has 1 aliphatic rings. The summed E-state index contributed by atoms with van der Waals surface area (Å²) in [5, 5.41) is 13.5. The predicted octanol–water partition coefficient (Wildman–Crippen LogP) is 1.58. The molecule has 0 saturated heterocycles. The van der Waals surface area contributed by atoms with Gasteiger partial charge in [-0.2, -0.15) is 0 Å². The molecular weight excluding hydrogens is 199 g/mol. The second-order valence-corrected chi connectivity index (χ2v) is 3.65. The lowest BCUT2D eigenvalue weighted by Gasteiger charge is -2.23. The highest BCUT2D eigenvalue weighted by Crippen LogP contribution is 2.22. The summed E-state index contributed by atoms with van der Waals surface area (Å²) in [7, 11) is 0. The molecule has 0 amide bonds. The van der Waals surface area contributed by atoms with Gasteiger partial charge in [-0.1, -0.05) is 6.07 Å². The highest BCUT2D eigenvalue weighted by molar-refractivity contribution is 5.41. The third-order valence-electron chi connectivity index (χ3n) is 2.63. The molecule has 1 N–H and O–H groups in total. The number of fused-ring (bicyclic) bond motifs is 1. The average molecular weight is 210 g/mol. The van der Waals surface area contributed by atoms with Crippen LogP contribution in [0.2, 0.25) is 0 Å². The van der Waals surface area contributed by atoms with E-state index in [0.29, 0.717) is 13.0 Å². The van der Waals surface area contributed by atoms with Gasteiger partial charge in [-0.25, -0.2) is 4.39 Å². The molecule has 0 bridgehead atoms. The van der Waals surface area contributed by atoms with Crippen molar-refractivity contribution in [3.63, 3.8) is 0 Å². The molecule has 15 heavy (non-hydrogen) atoms. The maximum atomic E-state index is 12.4. The van der Waals surface area contributed by atoms with Crippen LogP contribution in [-0.4, -0.2) is 17.6 Å². The first kappa shape index (κ1) is 10.0. The summed E-state index contributed by atoms with van der Waals surface area (Å²) < 4.78 is 12.4. The maximum absolute atomic E-state index is 12.4. The van der Waals surface area contributed by atoms with Crippen molar-refractivity contribution in [1.29, 1.82) is 0 Å². The Labute approximate surface area is 86.3 Å². The number of alkyl halides is 1. The van der Waals surface area contributed by atoms with Gasteiger partial charge in [-0.05, 0) is 17.5 Å². The molecule has 0 unspecified atom stereocenters. The van der Waals surface area contributed by atoms with Crippen molar-refractivity contribution in [2.75, 3.05) is 6.67 Å². The Morgan fingerprint density at radius 2 is 2.33 bits per heavy atom.